The van der Waals surface area contributed by atoms with Gasteiger partial charge in [0.25, 0.3) is 0 Å². The monoisotopic (exact) mass is 475 g/mol. The van der Waals surface area contributed by atoms with Gasteiger partial charge < -0.3 is 18.8 Å². The molecule has 1 saturated heterocycles. The number of carbonyl (C=O) groups excluding carboxylic acids is 1. The molecule has 0 N–H and O–H groups in total. The van der Waals surface area contributed by atoms with Crippen LogP contribution in [0.15, 0.2) is 45.6 Å². The molecular weight excluding hydrogens is 442 g/mol. The van der Waals surface area contributed by atoms with Crippen LogP contribution in [0.5, 0.6) is 11.5 Å². The molecule has 3 aromatic rings. The number of hydrogen-bond acceptors (Lipinski definition) is 6. The van der Waals surface area contributed by atoms with Crippen molar-refractivity contribution in [1.29, 1.82) is 0 Å². The average Bonchev–Trinajstić information content (AvgIpc) is 2.82. The van der Waals surface area contributed by atoms with Crippen LogP contribution in [0.1, 0.15) is 60.2 Å². The van der Waals surface area contributed by atoms with Gasteiger partial charge in [-0.05, 0) is 95.5 Å². The Morgan fingerprint density at radius 1 is 1.14 bits per heavy atom. The van der Waals surface area contributed by atoms with Crippen LogP contribution in [0.25, 0.3) is 11.0 Å². The zero-order valence-corrected chi connectivity index (χ0v) is 21.0. The second-order valence-corrected chi connectivity index (χ2v) is 10.6. The maximum Gasteiger partial charge on any atom is 0.339 e. The second kappa shape index (κ2) is 9.15. The molecule has 0 aliphatic carbocycles. The van der Waals surface area contributed by atoms with Crippen molar-refractivity contribution in [2.24, 2.45) is 0 Å². The summed E-state index contributed by atoms with van der Waals surface area (Å²) in [4.78, 5) is 28.1. The number of likely N-dealkylation sites (tertiary alicyclic amines) is 1. The first-order chi connectivity index (χ1) is 16.7. The van der Waals surface area contributed by atoms with Crippen molar-refractivity contribution < 1.29 is 18.7 Å². The van der Waals surface area contributed by atoms with Gasteiger partial charge in [-0.1, -0.05) is 0 Å². The van der Waals surface area contributed by atoms with Crippen LogP contribution in [0.4, 0.5) is 0 Å². The van der Waals surface area contributed by atoms with Gasteiger partial charge in [0.05, 0.1) is 0 Å². The molecule has 0 radical (unpaired) electrons. The fourth-order valence-corrected chi connectivity index (χ4v) is 4.99. The number of Topliss-reactive ketones (excluding diaryl/α,β-unsaturated/α-hetero) is 1. The molecular formula is C29H33NO5. The third-order valence-electron chi connectivity index (χ3n) is 7.25. The van der Waals surface area contributed by atoms with Crippen molar-refractivity contribution >= 4 is 16.8 Å². The zero-order valence-electron chi connectivity index (χ0n) is 21.0. The molecule has 35 heavy (non-hydrogen) atoms. The minimum Gasteiger partial charge on any atom is -0.490 e. The van der Waals surface area contributed by atoms with Crippen molar-refractivity contribution in [3.05, 3.63) is 69.1 Å². The molecule has 0 saturated carbocycles. The predicted molar refractivity (Wildman–Crippen MR) is 136 cm³/mol. The molecule has 2 aliphatic rings. The number of carbonyl (C=O) groups is 1. The van der Waals surface area contributed by atoms with Crippen molar-refractivity contribution in [2.75, 3.05) is 20.1 Å². The SMILES string of the molecule is Cc1c(OC2CCN(C)CC2)ccc2cc(CC(=O)c3ccc4c(c3)CCC(C)(C)O4)c(=O)oc12. The fraction of sp³-hybridized carbons (Fsp3) is 0.448. The number of piperidine rings is 1. The molecule has 0 bridgehead atoms. The van der Waals surface area contributed by atoms with Gasteiger partial charge in [-0.3, -0.25) is 4.79 Å². The summed E-state index contributed by atoms with van der Waals surface area (Å²) in [6, 6.07) is 11.2. The van der Waals surface area contributed by atoms with Crippen molar-refractivity contribution in [3.63, 3.8) is 0 Å². The highest BCUT2D eigenvalue weighted by Crippen LogP contribution is 2.34. The molecule has 1 fully saturated rings. The van der Waals surface area contributed by atoms with Crippen LogP contribution >= 0.6 is 0 Å². The molecule has 0 amide bonds. The normalized spacial score (nSPS) is 18.2. The van der Waals surface area contributed by atoms with E-state index >= 15 is 0 Å². The van der Waals surface area contributed by atoms with Gasteiger partial charge >= 0.3 is 5.63 Å². The molecule has 2 aromatic carbocycles. The minimum absolute atomic E-state index is 0.00367. The van der Waals surface area contributed by atoms with Gasteiger partial charge in [0, 0.05) is 41.6 Å². The van der Waals surface area contributed by atoms with Gasteiger partial charge in [0.15, 0.2) is 5.78 Å². The van der Waals surface area contributed by atoms with Crippen LogP contribution in [0.2, 0.25) is 0 Å². The van der Waals surface area contributed by atoms with Crippen LogP contribution in [-0.2, 0) is 12.8 Å². The van der Waals surface area contributed by atoms with E-state index in [-0.39, 0.29) is 23.9 Å². The first kappa shape index (κ1) is 23.6. The Hall–Kier alpha value is -3.12. The minimum atomic E-state index is -0.478. The van der Waals surface area contributed by atoms with Gasteiger partial charge in [0.1, 0.15) is 28.8 Å². The first-order valence-corrected chi connectivity index (χ1v) is 12.5. The Bertz CT molecular complexity index is 1330. The maximum atomic E-state index is 13.0. The summed E-state index contributed by atoms with van der Waals surface area (Å²) in [6.45, 7) is 8.08. The number of ether oxygens (including phenoxy) is 2. The molecule has 184 valence electrons. The summed E-state index contributed by atoms with van der Waals surface area (Å²) < 4.78 is 18.0. The van der Waals surface area contributed by atoms with Crippen molar-refractivity contribution in [1.82, 2.24) is 4.90 Å². The number of aryl methyl sites for hydroxylation is 2. The highest BCUT2D eigenvalue weighted by molar-refractivity contribution is 5.98. The van der Waals surface area contributed by atoms with E-state index < -0.39 is 5.63 Å². The van der Waals surface area contributed by atoms with E-state index in [1.54, 1.807) is 12.1 Å². The summed E-state index contributed by atoms with van der Waals surface area (Å²) in [7, 11) is 2.12. The molecule has 0 spiro atoms. The number of fused-ring (bicyclic) bond motifs is 2. The predicted octanol–water partition coefficient (Wildman–Crippen LogP) is 5.10. The maximum absolute atomic E-state index is 13.0. The van der Waals surface area contributed by atoms with Crippen molar-refractivity contribution in [2.45, 2.75) is 64.6 Å². The topological polar surface area (TPSA) is 69.0 Å². The lowest BCUT2D eigenvalue weighted by atomic mass is 9.92. The Morgan fingerprint density at radius 3 is 2.69 bits per heavy atom. The first-order valence-electron chi connectivity index (χ1n) is 12.5. The molecule has 6 heteroatoms. The summed E-state index contributed by atoms with van der Waals surface area (Å²) >= 11 is 0. The van der Waals surface area contributed by atoms with E-state index in [9.17, 15) is 9.59 Å². The number of benzene rings is 2. The number of rotatable bonds is 5. The molecule has 1 aromatic heterocycles. The van der Waals surface area contributed by atoms with Crippen LogP contribution in [0.3, 0.4) is 0 Å². The Balaban J connectivity index is 1.35. The van der Waals surface area contributed by atoms with E-state index in [0.29, 0.717) is 16.7 Å². The Morgan fingerprint density at radius 2 is 1.91 bits per heavy atom. The Kier molecular flexibility index (Phi) is 6.18. The lowest BCUT2D eigenvalue weighted by Gasteiger charge is -2.32. The van der Waals surface area contributed by atoms with E-state index in [1.165, 1.54) is 0 Å². The number of nitrogens with zero attached hydrogens (tertiary/aromatic N) is 1. The number of ketones is 1. The van der Waals surface area contributed by atoms with Gasteiger partial charge in [-0.2, -0.15) is 0 Å². The highest BCUT2D eigenvalue weighted by atomic mass is 16.5. The highest BCUT2D eigenvalue weighted by Gasteiger charge is 2.27. The van der Waals surface area contributed by atoms with E-state index in [1.807, 2.05) is 31.2 Å². The summed E-state index contributed by atoms with van der Waals surface area (Å²) in [5.74, 6) is 1.47. The third kappa shape index (κ3) is 4.98. The van der Waals surface area contributed by atoms with E-state index in [2.05, 4.69) is 25.8 Å². The lowest BCUT2D eigenvalue weighted by molar-refractivity contribution is 0.0846. The van der Waals surface area contributed by atoms with Crippen LogP contribution < -0.4 is 15.1 Å². The molecule has 3 heterocycles. The fourth-order valence-electron chi connectivity index (χ4n) is 4.99. The van der Waals surface area contributed by atoms with Crippen molar-refractivity contribution in [3.8, 4) is 11.5 Å². The largest absolute Gasteiger partial charge is 0.490 e. The quantitative estimate of drug-likeness (QED) is 0.378. The summed E-state index contributed by atoms with van der Waals surface area (Å²) in [5.41, 5.74) is 2.64. The molecule has 0 unspecified atom stereocenters. The van der Waals surface area contributed by atoms with Gasteiger partial charge in [0.2, 0.25) is 0 Å². The van der Waals surface area contributed by atoms with Crippen LogP contribution in [0, 0.1) is 6.92 Å². The second-order valence-electron chi connectivity index (χ2n) is 10.6. The molecule has 0 atom stereocenters. The number of hydrogen-bond donors (Lipinski definition) is 0. The van der Waals surface area contributed by atoms with Gasteiger partial charge in [-0.25, -0.2) is 4.79 Å². The standard InChI is InChI=1S/C29H33NO5/c1-18-25(33-23-10-13-30(4)14-11-23)7-6-21-16-22(28(32)34-27(18)21)17-24(31)19-5-8-26-20(15-19)9-12-29(2,3)35-26/h5-8,15-16,23H,9-14,17H2,1-4H3. The average molecular weight is 476 g/mol. The zero-order chi connectivity index (χ0) is 24.7. The molecule has 2 aliphatic heterocycles. The summed E-state index contributed by atoms with van der Waals surface area (Å²) in [5, 5.41) is 0.793. The van der Waals surface area contributed by atoms with E-state index in [0.717, 1.165) is 66.8 Å². The Labute approximate surface area is 205 Å². The van der Waals surface area contributed by atoms with Crippen LogP contribution in [-0.4, -0.2) is 42.5 Å². The van der Waals surface area contributed by atoms with Gasteiger partial charge in [-0.15, -0.1) is 0 Å². The molecule has 5 rings (SSSR count). The van der Waals surface area contributed by atoms with E-state index in [4.69, 9.17) is 13.9 Å². The smallest absolute Gasteiger partial charge is 0.339 e. The third-order valence-corrected chi connectivity index (χ3v) is 7.25. The molecule has 6 nitrogen and oxygen atoms in total. The summed E-state index contributed by atoms with van der Waals surface area (Å²) in [6.07, 6.45) is 3.88. The lowest BCUT2D eigenvalue weighted by Crippen LogP contribution is -2.35.